The van der Waals surface area contributed by atoms with Crippen molar-refractivity contribution in [3.05, 3.63) is 33.9 Å². The fourth-order valence-corrected chi connectivity index (χ4v) is 5.08. The molecule has 34 heavy (non-hydrogen) atoms. The number of halogens is 1. The monoisotopic (exact) mass is 610 g/mol. The van der Waals surface area contributed by atoms with Gasteiger partial charge in [0.05, 0.1) is 6.61 Å². The largest absolute Gasteiger partial charge is 0.480 e. The Balaban J connectivity index is 0.000000700. The van der Waals surface area contributed by atoms with Gasteiger partial charge in [-0.05, 0) is 72.7 Å². The number of aliphatic carboxylic acids is 1. The number of carboxylic acids is 1. The van der Waals surface area contributed by atoms with Gasteiger partial charge < -0.3 is 19.9 Å². The van der Waals surface area contributed by atoms with E-state index in [9.17, 15) is 23.7 Å². The highest BCUT2D eigenvalue weighted by Gasteiger charge is 2.40. The van der Waals surface area contributed by atoms with Crippen LogP contribution in [0.15, 0.2) is 30.3 Å². The predicted octanol–water partition coefficient (Wildman–Crippen LogP) is 4.43. The van der Waals surface area contributed by atoms with Crippen LogP contribution in [-0.4, -0.2) is 57.1 Å². The number of carbonyl (C=O) groups excluding carboxylic acids is 2. The summed E-state index contributed by atoms with van der Waals surface area (Å²) in [5.74, 6) is -1.72. The maximum absolute atomic E-state index is 12.5. The van der Waals surface area contributed by atoms with Crippen molar-refractivity contribution >= 4 is 50.4 Å². The lowest BCUT2D eigenvalue weighted by Crippen LogP contribution is -2.44. The molecule has 1 amide bonds. The molecule has 0 radical (unpaired) electrons. The Hall–Kier alpha value is -1.89. The van der Waals surface area contributed by atoms with E-state index in [4.69, 9.17) is 14.3 Å². The van der Waals surface area contributed by atoms with Crippen LogP contribution >= 0.6 is 22.6 Å². The molecule has 192 valence electrons. The lowest BCUT2D eigenvalue weighted by Gasteiger charge is -2.41. The molecule has 0 spiro atoms. The Morgan fingerprint density at radius 1 is 1.21 bits per heavy atom. The molecule has 0 heterocycles. The number of hydrogen-bond donors (Lipinski definition) is 3. The van der Waals surface area contributed by atoms with Crippen molar-refractivity contribution in [1.82, 2.24) is 5.32 Å². The average Bonchev–Trinajstić information content (AvgIpc) is 2.72. The van der Waals surface area contributed by atoms with E-state index in [2.05, 4.69) is 40.0 Å². The number of carboxylic acid groups (broad SMARTS) is 1. The molecule has 11 heteroatoms. The van der Waals surface area contributed by atoms with E-state index in [1.807, 2.05) is 32.0 Å². The number of rotatable bonds is 11. The molecule has 1 unspecified atom stereocenters. The molecule has 0 aliphatic heterocycles. The topological polar surface area (TPSA) is 143 Å². The van der Waals surface area contributed by atoms with Crippen molar-refractivity contribution in [2.45, 2.75) is 64.5 Å². The van der Waals surface area contributed by atoms with Crippen LogP contribution < -0.4 is 5.32 Å². The molecular formula is C23H35IN2O7S. The highest BCUT2D eigenvalue weighted by Crippen LogP contribution is 2.39. The van der Waals surface area contributed by atoms with Gasteiger partial charge in [-0.1, -0.05) is 32.0 Å². The summed E-state index contributed by atoms with van der Waals surface area (Å²) in [5.41, 5.74) is -0.638. The first-order chi connectivity index (χ1) is 15.8. The summed E-state index contributed by atoms with van der Waals surface area (Å²) in [7, 11) is -3.06. The number of amides is 1. The zero-order valence-corrected chi connectivity index (χ0v) is 22.9. The van der Waals surface area contributed by atoms with Gasteiger partial charge in [0.15, 0.2) is 0 Å². The fourth-order valence-electron chi connectivity index (χ4n) is 3.14. The first kappa shape index (κ1) is 30.1. The SMILES string of the molecule is CC(=O)OC1(CCS(=N)(=O)CC[C@H](NC(=O)OCC(C)C)C(=O)O)CCC1.Ic1ccccc1. The van der Waals surface area contributed by atoms with Crippen LogP contribution in [-0.2, 0) is 28.8 Å². The molecular weight excluding hydrogens is 575 g/mol. The van der Waals surface area contributed by atoms with Gasteiger partial charge in [-0.2, -0.15) is 0 Å². The van der Waals surface area contributed by atoms with Crippen molar-refractivity contribution in [3.63, 3.8) is 0 Å². The second-order valence-electron chi connectivity index (χ2n) is 8.71. The lowest BCUT2D eigenvalue weighted by atomic mass is 9.78. The molecule has 0 aromatic heterocycles. The van der Waals surface area contributed by atoms with Crippen LogP contribution in [0.5, 0.6) is 0 Å². The van der Waals surface area contributed by atoms with Gasteiger partial charge in [-0.3, -0.25) is 9.57 Å². The van der Waals surface area contributed by atoms with E-state index in [0.717, 1.165) is 6.42 Å². The normalized spacial score (nSPS) is 16.6. The maximum Gasteiger partial charge on any atom is 0.407 e. The number of esters is 1. The van der Waals surface area contributed by atoms with Crippen LogP contribution in [0.25, 0.3) is 0 Å². The van der Waals surface area contributed by atoms with Gasteiger partial charge in [0.25, 0.3) is 0 Å². The molecule has 1 aliphatic carbocycles. The van der Waals surface area contributed by atoms with Crippen molar-refractivity contribution in [2.75, 3.05) is 18.1 Å². The summed E-state index contributed by atoms with van der Waals surface area (Å²) in [6.45, 7) is 5.18. The summed E-state index contributed by atoms with van der Waals surface area (Å²) >= 11 is 2.28. The quantitative estimate of drug-likeness (QED) is 0.249. The molecule has 9 nitrogen and oxygen atoms in total. The first-order valence-corrected chi connectivity index (χ1v) is 14.1. The lowest BCUT2D eigenvalue weighted by molar-refractivity contribution is -0.167. The Labute approximate surface area is 215 Å². The maximum atomic E-state index is 12.5. The summed E-state index contributed by atoms with van der Waals surface area (Å²) in [6, 6.07) is 8.94. The van der Waals surface area contributed by atoms with Gasteiger partial charge in [0, 0.05) is 31.7 Å². The van der Waals surface area contributed by atoms with E-state index in [1.165, 1.54) is 10.5 Å². The molecule has 0 bridgehead atoms. The highest BCUT2D eigenvalue weighted by atomic mass is 127. The Bertz CT molecular complexity index is 903. The van der Waals surface area contributed by atoms with Crippen molar-refractivity contribution in [1.29, 1.82) is 4.78 Å². The minimum Gasteiger partial charge on any atom is -0.480 e. The van der Waals surface area contributed by atoms with Gasteiger partial charge in [0.1, 0.15) is 11.6 Å². The number of carbonyl (C=O) groups is 3. The zero-order valence-electron chi connectivity index (χ0n) is 19.9. The second kappa shape index (κ2) is 14.5. The van der Waals surface area contributed by atoms with Gasteiger partial charge in [0.2, 0.25) is 0 Å². The molecule has 1 saturated carbocycles. The third kappa shape index (κ3) is 12.5. The third-order valence-corrected chi connectivity index (χ3v) is 7.60. The Morgan fingerprint density at radius 2 is 1.82 bits per heavy atom. The predicted molar refractivity (Wildman–Crippen MR) is 138 cm³/mol. The van der Waals surface area contributed by atoms with Gasteiger partial charge in [-0.25, -0.2) is 13.8 Å². The first-order valence-electron chi connectivity index (χ1n) is 11.1. The number of ether oxygens (including phenoxy) is 2. The minimum absolute atomic E-state index is 0.0183. The van der Waals surface area contributed by atoms with Crippen molar-refractivity contribution in [2.24, 2.45) is 5.92 Å². The van der Waals surface area contributed by atoms with Crippen molar-refractivity contribution in [3.8, 4) is 0 Å². The summed E-state index contributed by atoms with van der Waals surface area (Å²) in [6.07, 6.45) is 1.60. The standard InChI is InChI=1S/C17H30N2O7S.C6H5I/c1-12(2)11-25-16(23)19-14(15(21)22)5-9-27(18,24)10-8-17(6-4-7-17)26-13(3)20;7-6-4-2-1-3-5-6/h12,14,18H,4-11H2,1-3H3,(H,19,23)(H,21,22);1-5H/t14-,27?;/m0./s1. The number of nitrogens with one attached hydrogen (secondary N) is 2. The van der Waals surface area contributed by atoms with Crippen molar-refractivity contribution < 1.29 is 33.2 Å². The van der Waals surface area contributed by atoms with E-state index < -0.39 is 39.4 Å². The fraction of sp³-hybridized carbons (Fsp3) is 0.609. The number of hydrogen-bond acceptors (Lipinski definition) is 7. The van der Waals surface area contributed by atoms with E-state index in [-0.39, 0.29) is 30.5 Å². The molecule has 1 fully saturated rings. The van der Waals surface area contributed by atoms with Crippen LogP contribution in [0.3, 0.4) is 0 Å². The molecule has 1 aliphatic rings. The molecule has 1 aromatic carbocycles. The van der Waals surface area contributed by atoms with E-state index >= 15 is 0 Å². The number of alkyl carbamates (subject to hydrolysis) is 1. The van der Waals surface area contributed by atoms with Crippen LogP contribution in [0, 0.1) is 14.3 Å². The average molecular weight is 611 g/mol. The molecule has 2 atom stereocenters. The molecule has 0 saturated heterocycles. The summed E-state index contributed by atoms with van der Waals surface area (Å²) < 4.78 is 32.0. The highest BCUT2D eigenvalue weighted by molar-refractivity contribution is 14.1. The smallest absolute Gasteiger partial charge is 0.407 e. The zero-order chi connectivity index (χ0) is 25.8. The molecule has 3 N–H and O–H groups in total. The van der Waals surface area contributed by atoms with E-state index in [0.29, 0.717) is 19.3 Å². The molecule has 1 aromatic rings. The molecule has 2 rings (SSSR count). The minimum atomic E-state index is -3.06. The second-order valence-corrected chi connectivity index (χ2v) is 12.4. The number of benzene rings is 1. The van der Waals surface area contributed by atoms with E-state index in [1.54, 1.807) is 0 Å². The Kier molecular flexibility index (Phi) is 12.9. The summed E-state index contributed by atoms with van der Waals surface area (Å²) in [5, 5.41) is 11.4. The van der Waals surface area contributed by atoms with Crippen LogP contribution in [0.4, 0.5) is 4.79 Å². The van der Waals surface area contributed by atoms with Crippen LogP contribution in [0.2, 0.25) is 0 Å². The third-order valence-electron chi connectivity index (χ3n) is 5.12. The summed E-state index contributed by atoms with van der Waals surface area (Å²) in [4.78, 5) is 34.1. The Morgan fingerprint density at radius 3 is 2.24 bits per heavy atom. The van der Waals surface area contributed by atoms with Gasteiger partial charge >= 0.3 is 18.0 Å². The van der Waals surface area contributed by atoms with Gasteiger partial charge in [-0.15, -0.1) is 0 Å². The van der Waals surface area contributed by atoms with Crippen LogP contribution in [0.1, 0.15) is 52.9 Å².